The van der Waals surface area contributed by atoms with Crippen LogP contribution in [-0.4, -0.2) is 43.0 Å². The third-order valence-electron chi connectivity index (χ3n) is 3.84. The Labute approximate surface area is 139 Å². The first-order valence-corrected chi connectivity index (χ1v) is 7.68. The van der Waals surface area contributed by atoms with Crippen molar-refractivity contribution in [3.05, 3.63) is 54.6 Å². The molecule has 1 saturated heterocycles. The Morgan fingerprint density at radius 1 is 1.04 bits per heavy atom. The summed E-state index contributed by atoms with van der Waals surface area (Å²) in [7, 11) is 0. The lowest BCUT2D eigenvalue weighted by Crippen LogP contribution is -2.46. The first-order chi connectivity index (χ1) is 11.8. The van der Waals surface area contributed by atoms with Gasteiger partial charge in [0.25, 0.3) is 0 Å². The maximum Gasteiger partial charge on any atom is 0.228 e. The maximum absolute atomic E-state index is 4.57. The summed E-state index contributed by atoms with van der Waals surface area (Å²) < 4.78 is 0. The van der Waals surface area contributed by atoms with Gasteiger partial charge in [-0.05, 0) is 13.0 Å². The minimum atomic E-state index is 0.353. The van der Waals surface area contributed by atoms with E-state index >= 15 is 0 Å². The van der Waals surface area contributed by atoms with Crippen LogP contribution in [0.4, 0.5) is 17.6 Å². The van der Waals surface area contributed by atoms with Gasteiger partial charge in [-0.25, -0.2) is 24.9 Å². The van der Waals surface area contributed by atoms with Gasteiger partial charge in [0.05, 0.1) is 11.9 Å². The molecule has 0 atom stereocenters. The van der Waals surface area contributed by atoms with Gasteiger partial charge in [-0.15, -0.1) is 0 Å². The van der Waals surface area contributed by atoms with E-state index in [2.05, 4.69) is 40.1 Å². The molecule has 1 aliphatic heterocycles. The molecule has 0 amide bonds. The number of rotatable bonds is 4. The number of nitrogens with zero attached hydrogens (tertiary/aromatic N) is 7. The Kier molecular flexibility index (Phi) is 3.70. The van der Waals surface area contributed by atoms with Crippen molar-refractivity contribution < 1.29 is 0 Å². The van der Waals surface area contributed by atoms with Crippen molar-refractivity contribution in [2.75, 3.05) is 23.3 Å². The average molecular weight is 320 g/mol. The van der Waals surface area contributed by atoms with Crippen LogP contribution in [0.2, 0.25) is 0 Å². The van der Waals surface area contributed by atoms with E-state index in [9.17, 15) is 0 Å². The summed E-state index contributed by atoms with van der Waals surface area (Å²) in [5.41, 5.74) is 1.01. The van der Waals surface area contributed by atoms with Crippen LogP contribution < -0.4 is 10.2 Å². The summed E-state index contributed by atoms with van der Waals surface area (Å²) in [5.74, 6) is 3.21. The standard InChI is InChI=1S/C16H16N8/c1-11-21-13(7-14(22-11)23-16-19-3-2-4-20-16)12-9-24(10-12)15-8-17-5-6-18-15/h2-8,12H,9-10H2,1H3,(H,19,20,21,22,23). The van der Waals surface area contributed by atoms with E-state index in [1.54, 1.807) is 37.1 Å². The Morgan fingerprint density at radius 3 is 2.62 bits per heavy atom. The molecule has 1 N–H and O–H groups in total. The van der Waals surface area contributed by atoms with E-state index in [0.29, 0.717) is 17.7 Å². The molecule has 8 heteroatoms. The molecule has 4 rings (SSSR count). The molecular weight excluding hydrogens is 304 g/mol. The molecule has 120 valence electrons. The van der Waals surface area contributed by atoms with Gasteiger partial charge in [0.15, 0.2) is 0 Å². The van der Waals surface area contributed by atoms with Crippen molar-refractivity contribution in [3.63, 3.8) is 0 Å². The van der Waals surface area contributed by atoms with Crippen molar-refractivity contribution in [1.29, 1.82) is 0 Å². The van der Waals surface area contributed by atoms with Crippen molar-refractivity contribution in [1.82, 2.24) is 29.9 Å². The zero-order valence-electron chi connectivity index (χ0n) is 13.2. The van der Waals surface area contributed by atoms with Crippen molar-refractivity contribution >= 4 is 17.6 Å². The molecule has 0 aromatic carbocycles. The van der Waals surface area contributed by atoms with E-state index in [4.69, 9.17) is 0 Å². The van der Waals surface area contributed by atoms with Gasteiger partial charge < -0.3 is 10.2 Å². The first-order valence-electron chi connectivity index (χ1n) is 7.68. The summed E-state index contributed by atoms with van der Waals surface area (Å²) in [6.07, 6.45) is 8.54. The zero-order valence-corrected chi connectivity index (χ0v) is 13.2. The van der Waals surface area contributed by atoms with Gasteiger partial charge >= 0.3 is 0 Å². The lowest BCUT2D eigenvalue weighted by molar-refractivity contribution is 0.506. The number of nitrogens with one attached hydrogen (secondary N) is 1. The summed E-state index contributed by atoms with van der Waals surface area (Å²) in [6, 6.07) is 3.74. The van der Waals surface area contributed by atoms with E-state index in [1.807, 2.05) is 13.0 Å². The number of aromatic nitrogens is 6. The molecule has 24 heavy (non-hydrogen) atoms. The van der Waals surface area contributed by atoms with Gasteiger partial charge in [-0.1, -0.05) is 0 Å². The van der Waals surface area contributed by atoms with Gasteiger partial charge in [0.1, 0.15) is 17.5 Å². The normalized spacial score (nSPS) is 14.3. The largest absolute Gasteiger partial charge is 0.354 e. The highest BCUT2D eigenvalue weighted by atomic mass is 15.2. The third kappa shape index (κ3) is 2.98. The average Bonchev–Trinajstić information content (AvgIpc) is 2.55. The van der Waals surface area contributed by atoms with Gasteiger partial charge in [-0.3, -0.25) is 4.98 Å². The van der Waals surface area contributed by atoms with Crippen molar-refractivity contribution in [3.8, 4) is 0 Å². The molecule has 1 aliphatic rings. The van der Waals surface area contributed by atoms with Crippen molar-refractivity contribution in [2.45, 2.75) is 12.8 Å². The monoisotopic (exact) mass is 320 g/mol. The smallest absolute Gasteiger partial charge is 0.228 e. The van der Waals surface area contributed by atoms with Crippen LogP contribution >= 0.6 is 0 Å². The Morgan fingerprint density at radius 2 is 1.88 bits per heavy atom. The zero-order chi connectivity index (χ0) is 16.4. The second kappa shape index (κ2) is 6.15. The summed E-state index contributed by atoms with van der Waals surface area (Å²) in [6.45, 7) is 3.63. The molecule has 3 aromatic heterocycles. The molecule has 0 spiro atoms. The highest BCUT2D eigenvalue weighted by Gasteiger charge is 2.30. The summed E-state index contributed by atoms with van der Waals surface area (Å²) in [4.78, 5) is 27.9. The molecule has 3 aromatic rings. The lowest BCUT2D eigenvalue weighted by Gasteiger charge is -2.39. The number of anilines is 3. The molecule has 0 aliphatic carbocycles. The summed E-state index contributed by atoms with van der Waals surface area (Å²) in [5, 5.41) is 3.12. The Hall–Kier alpha value is -3.16. The van der Waals surface area contributed by atoms with Crippen LogP contribution in [0, 0.1) is 6.92 Å². The van der Waals surface area contributed by atoms with Gasteiger partial charge in [-0.2, -0.15) is 0 Å². The van der Waals surface area contributed by atoms with Gasteiger partial charge in [0, 0.05) is 49.9 Å². The fourth-order valence-corrected chi connectivity index (χ4v) is 2.65. The topological polar surface area (TPSA) is 92.6 Å². The predicted molar refractivity (Wildman–Crippen MR) is 89.1 cm³/mol. The molecule has 1 fully saturated rings. The number of hydrogen-bond donors (Lipinski definition) is 1. The van der Waals surface area contributed by atoms with E-state index in [-0.39, 0.29) is 0 Å². The first kappa shape index (κ1) is 14.4. The van der Waals surface area contributed by atoms with Crippen LogP contribution in [0.5, 0.6) is 0 Å². The predicted octanol–water partition coefficient (Wildman–Crippen LogP) is 1.71. The number of hydrogen-bond acceptors (Lipinski definition) is 8. The van der Waals surface area contributed by atoms with Crippen LogP contribution in [-0.2, 0) is 0 Å². The maximum atomic E-state index is 4.57. The highest BCUT2D eigenvalue weighted by Crippen LogP contribution is 2.30. The minimum absolute atomic E-state index is 0.353. The minimum Gasteiger partial charge on any atom is -0.354 e. The SMILES string of the molecule is Cc1nc(Nc2ncccn2)cc(C2CN(c3cnccn3)C2)n1. The molecular formula is C16H16N8. The number of aryl methyl sites for hydroxylation is 1. The van der Waals surface area contributed by atoms with Crippen LogP contribution in [0.15, 0.2) is 43.1 Å². The molecule has 0 radical (unpaired) electrons. The second-order valence-electron chi connectivity index (χ2n) is 5.59. The Balaban J connectivity index is 1.49. The van der Waals surface area contributed by atoms with Crippen LogP contribution in [0.25, 0.3) is 0 Å². The fourth-order valence-electron chi connectivity index (χ4n) is 2.65. The highest BCUT2D eigenvalue weighted by molar-refractivity contribution is 5.49. The van der Waals surface area contributed by atoms with E-state index in [0.717, 1.165) is 30.4 Å². The quantitative estimate of drug-likeness (QED) is 0.776. The molecule has 4 heterocycles. The third-order valence-corrected chi connectivity index (χ3v) is 3.84. The Bertz CT molecular complexity index is 818. The molecule has 0 saturated carbocycles. The van der Waals surface area contributed by atoms with E-state index < -0.39 is 0 Å². The van der Waals surface area contributed by atoms with Crippen LogP contribution in [0.1, 0.15) is 17.4 Å². The van der Waals surface area contributed by atoms with Crippen molar-refractivity contribution in [2.24, 2.45) is 0 Å². The van der Waals surface area contributed by atoms with E-state index in [1.165, 1.54) is 0 Å². The molecule has 0 unspecified atom stereocenters. The lowest BCUT2D eigenvalue weighted by atomic mass is 9.96. The summed E-state index contributed by atoms with van der Waals surface area (Å²) >= 11 is 0. The fraction of sp³-hybridized carbons (Fsp3) is 0.250. The molecule has 8 nitrogen and oxygen atoms in total. The van der Waals surface area contributed by atoms with Gasteiger partial charge in [0.2, 0.25) is 5.95 Å². The molecule has 0 bridgehead atoms. The van der Waals surface area contributed by atoms with Crippen LogP contribution in [0.3, 0.4) is 0 Å². The second-order valence-corrected chi connectivity index (χ2v) is 5.59.